The van der Waals surface area contributed by atoms with E-state index in [4.69, 9.17) is 0 Å². The third-order valence-corrected chi connectivity index (χ3v) is 2.48. The Kier molecular flexibility index (Phi) is 2.82. The van der Waals surface area contributed by atoms with Gasteiger partial charge in [-0.2, -0.15) is 0 Å². The first-order valence-electron chi connectivity index (χ1n) is 5.20. The number of hydrogen-bond donors (Lipinski definition) is 0. The third-order valence-electron chi connectivity index (χ3n) is 2.48. The summed E-state index contributed by atoms with van der Waals surface area (Å²) in [6.45, 7) is 3.58. The van der Waals surface area contributed by atoms with E-state index in [0.29, 0.717) is 0 Å². The fourth-order valence-electron chi connectivity index (χ4n) is 1.69. The predicted octanol–water partition coefficient (Wildman–Crippen LogP) is 3.26. The number of carbonyl (C=O) groups excluding carboxylic acids is 1. The SMILES string of the molecule is CC(=O)c1cc(C)cc(-c2cccnc2)c1. The van der Waals surface area contributed by atoms with Crippen LogP contribution in [0.15, 0.2) is 42.7 Å². The van der Waals surface area contributed by atoms with Crippen molar-refractivity contribution < 1.29 is 4.79 Å². The molecule has 1 aromatic carbocycles. The molecule has 0 bridgehead atoms. The highest BCUT2D eigenvalue weighted by molar-refractivity contribution is 5.95. The van der Waals surface area contributed by atoms with Crippen LogP contribution in [0.25, 0.3) is 11.1 Å². The molecule has 0 aliphatic carbocycles. The Morgan fingerprint density at radius 2 is 2.00 bits per heavy atom. The number of nitrogens with zero attached hydrogens (tertiary/aromatic N) is 1. The van der Waals surface area contributed by atoms with Crippen molar-refractivity contribution in [2.45, 2.75) is 13.8 Å². The van der Waals surface area contributed by atoms with Gasteiger partial charge >= 0.3 is 0 Å². The second-order valence-corrected chi connectivity index (χ2v) is 3.89. The normalized spacial score (nSPS) is 10.1. The Hall–Kier alpha value is -1.96. The van der Waals surface area contributed by atoms with Gasteiger partial charge in [0.2, 0.25) is 0 Å². The number of aromatic nitrogens is 1. The first-order chi connectivity index (χ1) is 7.66. The largest absolute Gasteiger partial charge is 0.295 e. The summed E-state index contributed by atoms with van der Waals surface area (Å²) in [4.78, 5) is 15.4. The average molecular weight is 211 g/mol. The van der Waals surface area contributed by atoms with E-state index in [-0.39, 0.29) is 5.78 Å². The van der Waals surface area contributed by atoms with Crippen molar-refractivity contribution in [2.24, 2.45) is 0 Å². The van der Waals surface area contributed by atoms with Crippen LogP contribution in [0.1, 0.15) is 22.8 Å². The fourth-order valence-corrected chi connectivity index (χ4v) is 1.69. The van der Waals surface area contributed by atoms with Crippen molar-refractivity contribution in [1.82, 2.24) is 4.98 Å². The molecule has 0 atom stereocenters. The zero-order valence-corrected chi connectivity index (χ0v) is 9.40. The van der Waals surface area contributed by atoms with Gasteiger partial charge in [0.15, 0.2) is 5.78 Å². The van der Waals surface area contributed by atoms with E-state index in [9.17, 15) is 4.79 Å². The Labute approximate surface area is 95.0 Å². The number of aryl methyl sites for hydroxylation is 1. The molecule has 1 aromatic heterocycles. The fraction of sp³-hybridized carbons (Fsp3) is 0.143. The molecule has 2 aromatic rings. The zero-order chi connectivity index (χ0) is 11.5. The molecule has 0 radical (unpaired) electrons. The van der Waals surface area contributed by atoms with Crippen molar-refractivity contribution in [3.8, 4) is 11.1 Å². The van der Waals surface area contributed by atoms with Crippen molar-refractivity contribution in [3.63, 3.8) is 0 Å². The van der Waals surface area contributed by atoms with Gasteiger partial charge < -0.3 is 0 Å². The molecule has 0 aliphatic heterocycles. The lowest BCUT2D eigenvalue weighted by Gasteiger charge is -2.05. The monoisotopic (exact) mass is 211 g/mol. The van der Waals surface area contributed by atoms with Gasteiger partial charge in [-0.05, 0) is 43.2 Å². The van der Waals surface area contributed by atoms with Crippen LogP contribution in [0, 0.1) is 6.92 Å². The first kappa shape index (κ1) is 10.6. The van der Waals surface area contributed by atoms with E-state index in [1.54, 1.807) is 19.3 Å². The van der Waals surface area contributed by atoms with Crippen LogP contribution in [0.3, 0.4) is 0 Å². The summed E-state index contributed by atoms with van der Waals surface area (Å²) in [5, 5.41) is 0. The van der Waals surface area contributed by atoms with Crippen LogP contribution in [-0.4, -0.2) is 10.8 Å². The molecule has 16 heavy (non-hydrogen) atoms. The summed E-state index contributed by atoms with van der Waals surface area (Å²) < 4.78 is 0. The highest BCUT2D eigenvalue weighted by atomic mass is 16.1. The van der Waals surface area contributed by atoms with Crippen LogP contribution < -0.4 is 0 Å². The van der Waals surface area contributed by atoms with Crippen LogP contribution in [-0.2, 0) is 0 Å². The van der Waals surface area contributed by atoms with Gasteiger partial charge in [-0.1, -0.05) is 12.1 Å². The first-order valence-corrected chi connectivity index (χ1v) is 5.20. The number of rotatable bonds is 2. The van der Waals surface area contributed by atoms with Gasteiger partial charge in [0.05, 0.1) is 0 Å². The molecule has 0 fully saturated rings. The van der Waals surface area contributed by atoms with Gasteiger partial charge in [-0.3, -0.25) is 9.78 Å². The molecule has 0 aliphatic rings. The maximum Gasteiger partial charge on any atom is 0.159 e. The van der Waals surface area contributed by atoms with E-state index in [2.05, 4.69) is 11.1 Å². The van der Waals surface area contributed by atoms with Crippen LogP contribution in [0.2, 0.25) is 0 Å². The lowest BCUT2D eigenvalue weighted by molar-refractivity contribution is 0.101. The van der Waals surface area contributed by atoms with Gasteiger partial charge in [-0.15, -0.1) is 0 Å². The summed E-state index contributed by atoms with van der Waals surface area (Å²) in [5.41, 5.74) is 3.91. The Morgan fingerprint density at radius 3 is 2.62 bits per heavy atom. The van der Waals surface area contributed by atoms with E-state index in [1.807, 2.05) is 31.2 Å². The lowest BCUT2D eigenvalue weighted by Crippen LogP contribution is -1.93. The molecule has 0 N–H and O–H groups in total. The summed E-state index contributed by atoms with van der Waals surface area (Å²) in [6, 6.07) is 9.76. The zero-order valence-electron chi connectivity index (χ0n) is 9.40. The molecular weight excluding hydrogens is 198 g/mol. The second kappa shape index (κ2) is 4.27. The second-order valence-electron chi connectivity index (χ2n) is 3.89. The molecule has 1 heterocycles. The van der Waals surface area contributed by atoms with Gasteiger partial charge in [-0.25, -0.2) is 0 Å². The number of hydrogen-bond acceptors (Lipinski definition) is 2. The van der Waals surface area contributed by atoms with Crippen LogP contribution in [0.5, 0.6) is 0 Å². The lowest BCUT2D eigenvalue weighted by atomic mass is 10.00. The minimum Gasteiger partial charge on any atom is -0.295 e. The summed E-state index contributed by atoms with van der Waals surface area (Å²) in [7, 11) is 0. The topological polar surface area (TPSA) is 30.0 Å². The maximum absolute atomic E-state index is 11.4. The smallest absolute Gasteiger partial charge is 0.159 e. The molecule has 2 heteroatoms. The van der Waals surface area contributed by atoms with E-state index < -0.39 is 0 Å². The Bertz CT molecular complexity index is 518. The highest BCUT2D eigenvalue weighted by Gasteiger charge is 2.04. The van der Waals surface area contributed by atoms with E-state index in [1.165, 1.54) is 0 Å². The van der Waals surface area contributed by atoms with Crippen molar-refractivity contribution in [3.05, 3.63) is 53.9 Å². The molecule has 2 rings (SSSR count). The summed E-state index contributed by atoms with van der Waals surface area (Å²) in [5.74, 6) is 0.0915. The number of pyridine rings is 1. The van der Waals surface area contributed by atoms with Crippen molar-refractivity contribution in [1.29, 1.82) is 0 Å². The summed E-state index contributed by atoms with van der Waals surface area (Å²) in [6.07, 6.45) is 3.55. The molecule has 80 valence electrons. The predicted molar refractivity (Wildman–Crippen MR) is 64.4 cm³/mol. The molecule has 0 amide bonds. The molecule has 2 nitrogen and oxygen atoms in total. The van der Waals surface area contributed by atoms with Crippen LogP contribution >= 0.6 is 0 Å². The quantitative estimate of drug-likeness (QED) is 0.714. The van der Waals surface area contributed by atoms with Gasteiger partial charge in [0.1, 0.15) is 0 Å². The molecular formula is C14H13NO. The summed E-state index contributed by atoms with van der Waals surface area (Å²) >= 11 is 0. The maximum atomic E-state index is 11.4. The minimum atomic E-state index is 0.0915. The molecule has 0 saturated heterocycles. The van der Waals surface area contributed by atoms with Crippen molar-refractivity contribution >= 4 is 5.78 Å². The molecule has 0 unspecified atom stereocenters. The van der Waals surface area contributed by atoms with Crippen molar-refractivity contribution in [2.75, 3.05) is 0 Å². The highest BCUT2D eigenvalue weighted by Crippen LogP contribution is 2.21. The molecule has 0 saturated carbocycles. The minimum absolute atomic E-state index is 0.0915. The van der Waals surface area contributed by atoms with E-state index in [0.717, 1.165) is 22.3 Å². The Morgan fingerprint density at radius 1 is 1.19 bits per heavy atom. The number of ketones is 1. The third kappa shape index (κ3) is 2.16. The van der Waals surface area contributed by atoms with Gasteiger partial charge in [0.25, 0.3) is 0 Å². The number of benzene rings is 1. The number of carbonyl (C=O) groups is 1. The van der Waals surface area contributed by atoms with Crippen LogP contribution in [0.4, 0.5) is 0 Å². The van der Waals surface area contributed by atoms with E-state index >= 15 is 0 Å². The standard InChI is InChI=1S/C14H13NO/c1-10-6-13(11(2)16)8-14(7-10)12-4-3-5-15-9-12/h3-9H,1-2H3. The average Bonchev–Trinajstić information content (AvgIpc) is 2.29. The molecule has 0 spiro atoms. The number of Topliss-reactive ketones (excluding diaryl/α,β-unsaturated/α-hetero) is 1. The Balaban J connectivity index is 2.54. The van der Waals surface area contributed by atoms with Gasteiger partial charge in [0, 0.05) is 23.5 Å².